The average Bonchev–Trinajstić information content (AvgIpc) is 2.25. The molecule has 0 saturated heterocycles. The first-order chi connectivity index (χ1) is 7.91. The van der Waals surface area contributed by atoms with Crippen molar-refractivity contribution in [2.75, 3.05) is 20.7 Å². The minimum absolute atomic E-state index is 0.138. The molecule has 0 aliphatic carbocycles. The van der Waals surface area contributed by atoms with E-state index in [-0.39, 0.29) is 23.8 Å². The molecule has 0 aliphatic rings. The zero-order valence-electron chi connectivity index (χ0n) is 10.1. The highest BCUT2D eigenvalue weighted by atomic mass is 19.1. The number of rotatable bonds is 4. The second-order valence-corrected chi connectivity index (χ2v) is 3.94. The molecule has 17 heavy (non-hydrogen) atoms. The van der Waals surface area contributed by atoms with Crippen LogP contribution in [0.5, 0.6) is 5.75 Å². The molecule has 1 N–H and O–H groups in total. The molecule has 0 bridgehead atoms. The van der Waals surface area contributed by atoms with Gasteiger partial charge in [0.05, 0.1) is 6.10 Å². The molecule has 4 nitrogen and oxygen atoms in total. The van der Waals surface area contributed by atoms with Gasteiger partial charge in [-0.05, 0) is 19.1 Å². The topological polar surface area (TPSA) is 49.8 Å². The maximum Gasteiger partial charge on any atom is 0.259 e. The molecule has 0 saturated carbocycles. The fraction of sp³-hybridized carbons (Fsp3) is 0.417. The number of ether oxygens (including phenoxy) is 1. The first kappa shape index (κ1) is 13.4. The molecule has 1 aromatic carbocycles. The van der Waals surface area contributed by atoms with E-state index in [2.05, 4.69) is 0 Å². The number of halogens is 1. The number of carbonyl (C=O) groups excluding carboxylic acids is 1. The van der Waals surface area contributed by atoms with Gasteiger partial charge in [-0.25, -0.2) is 4.39 Å². The summed E-state index contributed by atoms with van der Waals surface area (Å²) in [6, 6.07) is 4.12. The standard InChI is InChI=1S/C12H16FNO3/c1-8(15)10-5-4-9(6-11(10)13)17-7-12(16)14(2)3/h4-6,8,15H,7H2,1-3H3/t8-/m1/s1. The summed E-state index contributed by atoms with van der Waals surface area (Å²) in [5.74, 6) is -0.484. The maximum absolute atomic E-state index is 13.4. The van der Waals surface area contributed by atoms with Gasteiger partial charge in [-0.2, -0.15) is 0 Å². The van der Waals surface area contributed by atoms with Crippen molar-refractivity contribution >= 4 is 5.91 Å². The van der Waals surface area contributed by atoms with Crippen LogP contribution < -0.4 is 4.74 Å². The lowest BCUT2D eigenvalue weighted by molar-refractivity contribution is -0.130. The summed E-state index contributed by atoms with van der Waals surface area (Å²) in [6.45, 7) is 1.34. The molecule has 0 radical (unpaired) electrons. The summed E-state index contributed by atoms with van der Waals surface area (Å²) in [7, 11) is 3.23. The van der Waals surface area contributed by atoms with Gasteiger partial charge < -0.3 is 14.7 Å². The van der Waals surface area contributed by atoms with Gasteiger partial charge in [0.25, 0.3) is 5.91 Å². The second-order valence-electron chi connectivity index (χ2n) is 3.94. The Morgan fingerprint density at radius 2 is 2.18 bits per heavy atom. The molecule has 0 fully saturated rings. The lowest BCUT2D eigenvalue weighted by atomic mass is 10.1. The molecule has 94 valence electrons. The molecule has 0 aromatic heterocycles. The molecule has 1 atom stereocenters. The minimum Gasteiger partial charge on any atom is -0.484 e. The Labute approximate surface area is 99.6 Å². The van der Waals surface area contributed by atoms with Gasteiger partial charge in [0, 0.05) is 25.7 Å². The molecule has 0 spiro atoms. The molecule has 5 heteroatoms. The van der Waals surface area contributed by atoms with Gasteiger partial charge in [0.2, 0.25) is 0 Å². The maximum atomic E-state index is 13.4. The predicted molar refractivity (Wildman–Crippen MR) is 61.2 cm³/mol. The third kappa shape index (κ3) is 3.71. The van der Waals surface area contributed by atoms with Crippen LogP contribution in [0.3, 0.4) is 0 Å². The van der Waals surface area contributed by atoms with Gasteiger partial charge >= 0.3 is 0 Å². The number of aliphatic hydroxyl groups excluding tert-OH is 1. The fourth-order valence-corrected chi connectivity index (χ4v) is 1.21. The van der Waals surface area contributed by atoms with Crippen LogP contribution in [0.1, 0.15) is 18.6 Å². The Hall–Kier alpha value is -1.62. The number of carbonyl (C=O) groups is 1. The van der Waals surface area contributed by atoms with Crippen LogP contribution in [-0.2, 0) is 4.79 Å². The largest absolute Gasteiger partial charge is 0.484 e. The number of nitrogens with zero attached hydrogens (tertiary/aromatic N) is 1. The summed E-state index contributed by atoms with van der Waals surface area (Å²) in [5, 5.41) is 9.24. The Morgan fingerprint density at radius 3 is 2.65 bits per heavy atom. The van der Waals surface area contributed by atoms with E-state index >= 15 is 0 Å². The van der Waals surface area contributed by atoms with Crippen LogP contribution in [0.4, 0.5) is 4.39 Å². The van der Waals surface area contributed by atoms with Gasteiger partial charge in [-0.15, -0.1) is 0 Å². The minimum atomic E-state index is -0.868. The van der Waals surface area contributed by atoms with E-state index in [1.807, 2.05) is 0 Å². The van der Waals surface area contributed by atoms with Crippen molar-refractivity contribution in [1.82, 2.24) is 4.90 Å². The number of benzene rings is 1. The number of hydrogen-bond acceptors (Lipinski definition) is 3. The molecule has 0 unspecified atom stereocenters. The zero-order valence-corrected chi connectivity index (χ0v) is 10.1. The van der Waals surface area contributed by atoms with Gasteiger partial charge in [0.15, 0.2) is 6.61 Å². The Balaban J connectivity index is 2.68. The van der Waals surface area contributed by atoms with E-state index in [1.54, 1.807) is 14.1 Å². The monoisotopic (exact) mass is 241 g/mol. The van der Waals surface area contributed by atoms with Crippen molar-refractivity contribution in [3.05, 3.63) is 29.6 Å². The normalized spacial score (nSPS) is 12.1. The number of aliphatic hydroxyl groups is 1. The molecule has 1 rings (SSSR count). The van der Waals surface area contributed by atoms with Crippen LogP contribution in [0.2, 0.25) is 0 Å². The summed E-state index contributed by atoms with van der Waals surface area (Å²) in [6.07, 6.45) is -0.868. The van der Waals surface area contributed by atoms with Crippen molar-refractivity contribution in [2.45, 2.75) is 13.0 Å². The summed E-state index contributed by atoms with van der Waals surface area (Å²) >= 11 is 0. The van der Waals surface area contributed by atoms with Crippen LogP contribution in [0.15, 0.2) is 18.2 Å². The number of amides is 1. The average molecular weight is 241 g/mol. The first-order valence-corrected chi connectivity index (χ1v) is 5.22. The van der Waals surface area contributed by atoms with Crippen molar-refractivity contribution in [1.29, 1.82) is 0 Å². The smallest absolute Gasteiger partial charge is 0.259 e. The van der Waals surface area contributed by atoms with Crippen LogP contribution in [-0.4, -0.2) is 36.6 Å². The van der Waals surface area contributed by atoms with E-state index in [0.29, 0.717) is 0 Å². The summed E-state index contributed by atoms with van der Waals surface area (Å²) in [4.78, 5) is 12.6. The quantitative estimate of drug-likeness (QED) is 0.865. The second kappa shape index (κ2) is 5.63. The Bertz CT molecular complexity index is 405. The highest BCUT2D eigenvalue weighted by Crippen LogP contribution is 2.21. The predicted octanol–water partition coefficient (Wildman–Crippen LogP) is 1.35. The van der Waals surface area contributed by atoms with E-state index in [9.17, 15) is 14.3 Å². The van der Waals surface area contributed by atoms with Gasteiger partial charge in [-0.3, -0.25) is 4.79 Å². The third-order valence-corrected chi connectivity index (χ3v) is 2.28. The number of likely N-dealkylation sites (N-methyl/N-ethyl adjacent to an activating group) is 1. The van der Waals surface area contributed by atoms with E-state index in [0.717, 1.165) is 6.07 Å². The van der Waals surface area contributed by atoms with E-state index in [1.165, 1.54) is 24.0 Å². The van der Waals surface area contributed by atoms with E-state index in [4.69, 9.17) is 4.74 Å². The third-order valence-electron chi connectivity index (χ3n) is 2.28. The van der Waals surface area contributed by atoms with E-state index < -0.39 is 11.9 Å². The molecule has 1 aromatic rings. The Morgan fingerprint density at radius 1 is 1.53 bits per heavy atom. The molecule has 1 amide bonds. The van der Waals surface area contributed by atoms with Crippen molar-refractivity contribution in [2.24, 2.45) is 0 Å². The van der Waals surface area contributed by atoms with Gasteiger partial charge in [-0.1, -0.05) is 0 Å². The zero-order chi connectivity index (χ0) is 13.0. The molecular weight excluding hydrogens is 225 g/mol. The molecular formula is C12H16FNO3. The van der Waals surface area contributed by atoms with Crippen LogP contribution >= 0.6 is 0 Å². The first-order valence-electron chi connectivity index (χ1n) is 5.22. The lowest BCUT2D eigenvalue weighted by Crippen LogP contribution is -2.27. The van der Waals surface area contributed by atoms with Crippen LogP contribution in [0.25, 0.3) is 0 Å². The van der Waals surface area contributed by atoms with Crippen molar-refractivity contribution < 1.29 is 19.0 Å². The summed E-state index contributed by atoms with van der Waals surface area (Å²) < 4.78 is 18.6. The van der Waals surface area contributed by atoms with Gasteiger partial charge in [0.1, 0.15) is 11.6 Å². The van der Waals surface area contributed by atoms with Crippen molar-refractivity contribution in [3.8, 4) is 5.75 Å². The highest BCUT2D eigenvalue weighted by Gasteiger charge is 2.10. The van der Waals surface area contributed by atoms with Crippen molar-refractivity contribution in [3.63, 3.8) is 0 Å². The fourth-order valence-electron chi connectivity index (χ4n) is 1.21. The highest BCUT2D eigenvalue weighted by molar-refractivity contribution is 5.77. The van der Waals surface area contributed by atoms with Crippen LogP contribution in [0, 0.1) is 5.82 Å². The Kier molecular flexibility index (Phi) is 4.45. The lowest BCUT2D eigenvalue weighted by Gasteiger charge is -2.12. The molecule has 0 heterocycles. The summed E-state index contributed by atoms with van der Waals surface area (Å²) in [5.41, 5.74) is 0.205. The molecule has 0 aliphatic heterocycles. The number of hydrogen-bond donors (Lipinski definition) is 1. The SMILES string of the molecule is C[C@@H](O)c1ccc(OCC(=O)N(C)C)cc1F.